The summed E-state index contributed by atoms with van der Waals surface area (Å²) in [6, 6.07) is 0. The molecule has 1 fully saturated rings. The number of hydrogen-bond acceptors (Lipinski definition) is 0. The van der Waals surface area contributed by atoms with Gasteiger partial charge in [-0.15, -0.1) is 0 Å². The second-order valence-corrected chi connectivity index (χ2v) is 2.93. The lowest BCUT2D eigenvalue weighted by molar-refractivity contribution is 0.557. The molecule has 1 aliphatic carbocycles. The Bertz CT molecular complexity index is 106. The zero-order valence-electron chi connectivity index (χ0n) is 6.41. The first-order valence-corrected chi connectivity index (χ1v) is 4.17. The molecular weight excluding hydrogens is 127 g/mol. The van der Waals surface area contributed by atoms with E-state index >= 15 is 0 Å². The zero-order valence-corrected chi connectivity index (χ0v) is 6.41. The molecule has 0 unspecified atom stereocenters. The van der Waals surface area contributed by atoms with Crippen molar-refractivity contribution < 1.29 is 4.39 Å². The highest BCUT2D eigenvalue weighted by Crippen LogP contribution is 2.21. The normalized spacial score (nSPS) is 20.3. The van der Waals surface area contributed by atoms with Gasteiger partial charge >= 0.3 is 0 Å². The Morgan fingerprint density at radius 3 is 2.20 bits per heavy atom. The van der Waals surface area contributed by atoms with Crippen LogP contribution in [0.25, 0.3) is 0 Å². The Kier molecular flexibility index (Phi) is 3.48. The van der Waals surface area contributed by atoms with E-state index in [1.807, 2.05) is 0 Å². The van der Waals surface area contributed by atoms with E-state index in [4.69, 9.17) is 0 Å². The Hall–Kier alpha value is -0.330. The molecule has 0 heterocycles. The van der Waals surface area contributed by atoms with E-state index in [-0.39, 0.29) is 6.67 Å². The van der Waals surface area contributed by atoms with Crippen LogP contribution in [0.1, 0.15) is 38.5 Å². The fraction of sp³-hybridized carbons (Fsp3) is 0.778. The molecule has 0 saturated heterocycles. The Morgan fingerprint density at radius 2 is 1.70 bits per heavy atom. The fourth-order valence-electron chi connectivity index (χ4n) is 1.50. The number of alkyl halides is 1. The van der Waals surface area contributed by atoms with E-state index < -0.39 is 0 Å². The zero-order chi connectivity index (χ0) is 7.23. The first-order valence-electron chi connectivity index (χ1n) is 4.17. The lowest BCUT2D eigenvalue weighted by Gasteiger charge is -1.98. The summed E-state index contributed by atoms with van der Waals surface area (Å²) in [4.78, 5) is 0. The molecule has 1 saturated carbocycles. The summed E-state index contributed by atoms with van der Waals surface area (Å²) in [6.45, 7) is -0.269. The van der Waals surface area contributed by atoms with E-state index in [0.717, 1.165) is 12.8 Å². The number of halogens is 1. The van der Waals surface area contributed by atoms with Crippen LogP contribution in [0.5, 0.6) is 0 Å². The van der Waals surface area contributed by atoms with Crippen molar-refractivity contribution in [3.63, 3.8) is 0 Å². The summed E-state index contributed by atoms with van der Waals surface area (Å²) < 4.78 is 11.8. The van der Waals surface area contributed by atoms with Gasteiger partial charge in [0.2, 0.25) is 0 Å². The largest absolute Gasteiger partial charge is 0.247 e. The van der Waals surface area contributed by atoms with Crippen molar-refractivity contribution in [2.45, 2.75) is 38.5 Å². The van der Waals surface area contributed by atoms with Crippen LogP contribution in [-0.4, -0.2) is 6.67 Å². The number of allylic oxidation sites excluding steroid dienone is 2. The van der Waals surface area contributed by atoms with Gasteiger partial charge in [0.15, 0.2) is 0 Å². The van der Waals surface area contributed by atoms with Gasteiger partial charge in [0.1, 0.15) is 6.67 Å². The number of hydrogen-bond donors (Lipinski definition) is 0. The van der Waals surface area contributed by atoms with Gasteiger partial charge in [-0.1, -0.05) is 24.5 Å². The smallest absolute Gasteiger partial charge is 0.108 e. The third-order valence-electron chi connectivity index (χ3n) is 2.11. The standard InChI is InChI=1S/C9H15F/c10-8-7-9-5-3-1-2-4-6-9/h7H,1-6,8H2. The van der Waals surface area contributed by atoms with Gasteiger partial charge in [0, 0.05) is 0 Å². The van der Waals surface area contributed by atoms with Crippen LogP contribution in [0.4, 0.5) is 4.39 Å². The average molecular weight is 142 g/mol. The molecule has 0 aromatic carbocycles. The molecular formula is C9H15F. The average Bonchev–Trinajstić information content (AvgIpc) is 2.17. The predicted molar refractivity (Wildman–Crippen MR) is 41.8 cm³/mol. The van der Waals surface area contributed by atoms with Crippen LogP contribution in [0.3, 0.4) is 0 Å². The molecule has 1 aliphatic rings. The van der Waals surface area contributed by atoms with Crippen molar-refractivity contribution in [2.24, 2.45) is 0 Å². The van der Waals surface area contributed by atoms with Gasteiger partial charge in [-0.3, -0.25) is 0 Å². The summed E-state index contributed by atoms with van der Waals surface area (Å²) in [6.07, 6.45) is 9.25. The summed E-state index contributed by atoms with van der Waals surface area (Å²) in [5.74, 6) is 0. The van der Waals surface area contributed by atoms with Crippen LogP contribution in [0.15, 0.2) is 11.6 Å². The molecule has 0 aromatic heterocycles. The van der Waals surface area contributed by atoms with Crippen molar-refractivity contribution in [1.82, 2.24) is 0 Å². The molecule has 58 valence electrons. The van der Waals surface area contributed by atoms with Gasteiger partial charge in [0.25, 0.3) is 0 Å². The molecule has 0 aliphatic heterocycles. The third kappa shape index (κ3) is 2.51. The molecule has 10 heavy (non-hydrogen) atoms. The van der Waals surface area contributed by atoms with Gasteiger partial charge in [-0.25, -0.2) is 4.39 Å². The van der Waals surface area contributed by atoms with E-state index in [1.54, 1.807) is 6.08 Å². The van der Waals surface area contributed by atoms with Crippen LogP contribution < -0.4 is 0 Å². The Balaban J connectivity index is 2.35. The van der Waals surface area contributed by atoms with Gasteiger partial charge in [-0.2, -0.15) is 0 Å². The summed E-state index contributed by atoms with van der Waals surface area (Å²) in [5, 5.41) is 0. The lowest BCUT2D eigenvalue weighted by Crippen LogP contribution is -1.81. The second kappa shape index (κ2) is 4.48. The highest BCUT2D eigenvalue weighted by molar-refractivity contribution is 5.02. The van der Waals surface area contributed by atoms with E-state index in [1.165, 1.54) is 31.3 Å². The topological polar surface area (TPSA) is 0 Å². The summed E-state index contributed by atoms with van der Waals surface area (Å²) in [5.41, 5.74) is 1.35. The minimum Gasteiger partial charge on any atom is -0.247 e. The van der Waals surface area contributed by atoms with Crippen molar-refractivity contribution in [3.05, 3.63) is 11.6 Å². The van der Waals surface area contributed by atoms with Crippen LogP contribution >= 0.6 is 0 Å². The minimum atomic E-state index is -0.269. The Morgan fingerprint density at radius 1 is 1.10 bits per heavy atom. The van der Waals surface area contributed by atoms with Crippen LogP contribution in [-0.2, 0) is 0 Å². The van der Waals surface area contributed by atoms with E-state index in [0.29, 0.717) is 0 Å². The highest BCUT2D eigenvalue weighted by Gasteiger charge is 2.02. The van der Waals surface area contributed by atoms with E-state index in [2.05, 4.69) is 0 Å². The van der Waals surface area contributed by atoms with Gasteiger partial charge < -0.3 is 0 Å². The van der Waals surface area contributed by atoms with Gasteiger partial charge in [0.05, 0.1) is 0 Å². The summed E-state index contributed by atoms with van der Waals surface area (Å²) in [7, 11) is 0. The molecule has 0 aromatic rings. The quantitative estimate of drug-likeness (QED) is 0.389. The van der Waals surface area contributed by atoms with Crippen molar-refractivity contribution in [2.75, 3.05) is 6.67 Å². The molecule has 0 spiro atoms. The molecule has 0 N–H and O–H groups in total. The first kappa shape index (κ1) is 7.77. The molecule has 0 nitrogen and oxygen atoms in total. The molecule has 0 atom stereocenters. The minimum absolute atomic E-state index is 0.269. The maximum absolute atomic E-state index is 11.8. The Labute approximate surface area is 62.1 Å². The number of rotatable bonds is 1. The maximum Gasteiger partial charge on any atom is 0.108 e. The maximum atomic E-state index is 11.8. The third-order valence-corrected chi connectivity index (χ3v) is 2.11. The monoisotopic (exact) mass is 142 g/mol. The molecule has 0 radical (unpaired) electrons. The van der Waals surface area contributed by atoms with Crippen molar-refractivity contribution in [1.29, 1.82) is 0 Å². The second-order valence-electron chi connectivity index (χ2n) is 2.93. The fourth-order valence-corrected chi connectivity index (χ4v) is 1.50. The van der Waals surface area contributed by atoms with Crippen LogP contribution in [0.2, 0.25) is 0 Å². The first-order chi connectivity index (χ1) is 4.93. The molecule has 1 rings (SSSR count). The van der Waals surface area contributed by atoms with Crippen LogP contribution in [0, 0.1) is 0 Å². The van der Waals surface area contributed by atoms with Crippen molar-refractivity contribution in [3.8, 4) is 0 Å². The predicted octanol–water partition coefficient (Wildman–Crippen LogP) is 3.24. The molecule has 0 bridgehead atoms. The highest BCUT2D eigenvalue weighted by atomic mass is 19.1. The lowest BCUT2D eigenvalue weighted by atomic mass is 10.1. The van der Waals surface area contributed by atoms with Crippen molar-refractivity contribution >= 4 is 0 Å². The summed E-state index contributed by atoms with van der Waals surface area (Å²) >= 11 is 0. The SMILES string of the molecule is FCC=C1CCCCCC1. The molecule has 1 heteroatoms. The van der Waals surface area contributed by atoms with Gasteiger partial charge in [-0.05, 0) is 25.7 Å². The molecule has 0 amide bonds. The van der Waals surface area contributed by atoms with E-state index in [9.17, 15) is 4.39 Å².